The van der Waals surface area contributed by atoms with Gasteiger partial charge in [0.25, 0.3) is 0 Å². The summed E-state index contributed by atoms with van der Waals surface area (Å²) in [7, 11) is 0. The van der Waals surface area contributed by atoms with Crippen molar-refractivity contribution in [1.82, 2.24) is 0 Å². The zero-order valence-corrected chi connectivity index (χ0v) is 11.4. The van der Waals surface area contributed by atoms with E-state index in [0.717, 1.165) is 17.2 Å². The summed E-state index contributed by atoms with van der Waals surface area (Å²) in [5.74, 6) is -1.86. The van der Waals surface area contributed by atoms with E-state index < -0.39 is 11.6 Å². The van der Waals surface area contributed by atoms with Crippen LogP contribution in [0.3, 0.4) is 0 Å². The van der Waals surface area contributed by atoms with Crippen LogP contribution in [0, 0.1) is 11.6 Å². The maximum atomic E-state index is 13.7. The molecule has 0 aliphatic carbocycles. The van der Waals surface area contributed by atoms with Crippen LogP contribution >= 0.6 is 0 Å². The van der Waals surface area contributed by atoms with Crippen molar-refractivity contribution in [3.63, 3.8) is 0 Å². The smallest absolute Gasteiger partial charge is 0.202 e. The number of ether oxygens (including phenoxy) is 1. The number of rotatable bonds is 3. The van der Waals surface area contributed by atoms with Crippen LogP contribution in [0.5, 0.6) is 5.75 Å². The van der Waals surface area contributed by atoms with Crippen molar-refractivity contribution in [1.29, 1.82) is 0 Å². The van der Waals surface area contributed by atoms with Crippen molar-refractivity contribution in [2.75, 3.05) is 18.1 Å². The van der Waals surface area contributed by atoms with Gasteiger partial charge in [0, 0.05) is 6.54 Å². The third kappa shape index (κ3) is 2.69. The van der Waals surface area contributed by atoms with Gasteiger partial charge in [-0.2, -0.15) is 4.39 Å². The number of fused-ring (bicyclic) bond motifs is 1. The molecule has 21 heavy (non-hydrogen) atoms. The summed E-state index contributed by atoms with van der Waals surface area (Å²) < 4.78 is 32.2. The quantitative estimate of drug-likeness (QED) is 0.944. The lowest BCUT2D eigenvalue weighted by molar-refractivity contribution is 0.281. The Bertz CT molecular complexity index is 643. The number of nitrogens with zero attached hydrogens (tertiary/aromatic N) is 1. The monoisotopic (exact) mass is 291 g/mol. The number of hydrogen-bond acceptors (Lipinski definition) is 3. The average molecular weight is 291 g/mol. The van der Waals surface area contributed by atoms with E-state index in [1.54, 1.807) is 0 Å². The molecule has 0 saturated carbocycles. The van der Waals surface area contributed by atoms with Gasteiger partial charge in [-0.3, -0.25) is 0 Å². The molecule has 5 heteroatoms. The minimum Gasteiger partial charge on any atom is -0.486 e. The van der Waals surface area contributed by atoms with E-state index in [2.05, 4.69) is 0 Å². The second kappa shape index (κ2) is 5.69. The number of aliphatic hydroxyl groups is 1. The fourth-order valence-electron chi connectivity index (χ4n) is 2.42. The molecule has 0 amide bonds. The Morgan fingerprint density at radius 2 is 1.76 bits per heavy atom. The molecule has 3 rings (SSSR count). The molecule has 0 unspecified atom stereocenters. The van der Waals surface area contributed by atoms with E-state index in [0.29, 0.717) is 25.4 Å². The molecule has 1 aliphatic rings. The van der Waals surface area contributed by atoms with Gasteiger partial charge in [0.2, 0.25) is 5.82 Å². The average Bonchev–Trinajstić information content (AvgIpc) is 2.52. The molecule has 0 radical (unpaired) electrons. The maximum absolute atomic E-state index is 13.7. The van der Waals surface area contributed by atoms with E-state index in [-0.39, 0.29) is 12.4 Å². The zero-order chi connectivity index (χ0) is 14.8. The fourth-order valence-corrected chi connectivity index (χ4v) is 2.42. The van der Waals surface area contributed by atoms with Crippen molar-refractivity contribution in [2.24, 2.45) is 0 Å². The van der Waals surface area contributed by atoms with Gasteiger partial charge in [-0.1, -0.05) is 24.3 Å². The lowest BCUT2D eigenvalue weighted by atomic mass is 10.1. The van der Waals surface area contributed by atoms with E-state index in [4.69, 9.17) is 9.84 Å². The summed E-state index contributed by atoms with van der Waals surface area (Å²) in [4.78, 5) is 1.95. The van der Waals surface area contributed by atoms with Crippen LogP contribution in [0.25, 0.3) is 0 Å². The summed E-state index contributed by atoms with van der Waals surface area (Å²) in [6.45, 7) is 1.51. The number of hydrogen-bond donors (Lipinski definition) is 1. The zero-order valence-electron chi connectivity index (χ0n) is 11.4. The number of anilines is 1. The summed E-state index contributed by atoms with van der Waals surface area (Å²) in [5, 5.41) is 9.03. The van der Waals surface area contributed by atoms with Crippen LogP contribution in [0.1, 0.15) is 11.1 Å². The predicted octanol–water partition coefficient (Wildman–Crippen LogP) is 2.86. The van der Waals surface area contributed by atoms with Crippen molar-refractivity contribution < 1.29 is 18.6 Å². The van der Waals surface area contributed by atoms with Gasteiger partial charge in [-0.25, -0.2) is 4.39 Å². The Hall–Kier alpha value is -2.14. The molecule has 2 aromatic carbocycles. The molecule has 0 aromatic heterocycles. The van der Waals surface area contributed by atoms with Crippen molar-refractivity contribution in [2.45, 2.75) is 13.2 Å². The maximum Gasteiger partial charge on any atom is 0.202 e. The Kier molecular flexibility index (Phi) is 3.75. The highest BCUT2D eigenvalue weighted by Gasteiger charge is 2.23. The van der Waals surface area contributed by atoms with E-state index in [1.807, 2.05) is 29.2 Å². The first-order chi connectivity index (χ1) is 10.2. The molecular formula is C16H15F2NO2. The number of halogens is 2. The van der Waals surface area contributed by atoms with Crippen molar-refractivity contribution in [3.8, 4) is 5.75 Å². The molecule has 1 heterocycles. The minimum absolute atomic E-state index is 0.00511. The van der Waals surface area contributed by atoms with E-state index in [1.165, 1.54) is 6.07 Å². The lowest BCUT2D eigenvalue weighted by Crippen LogP contribution is -2.32. The molecule has 1 N–H and O–H groups in total. The molecule has 2 aromatic rings. The Balaban J connectivity index is 1.86. The largest absolute Gasteiger partial charge is 0.486 e. The van der Waals surface area contributed by atoms with Crippen LogP contribution in [0.4, 0.5) is 14.5 Å². The fraction of sp³-hybridized carbons (Fsp3) is 0.250. The molecule has 1 aliphatic heterocycles. The van der Waals surface area contributed by atoms with Crippen molar-refractivity contribution in [3.05, 3.63) is 59.2 Å². The van der Waals surface area contributed by atoms with Crippen molar-refractivity contribution >= 4 is 5.69 Å². The molecule has 0 spiro atoms. The van der Waals surface area contributed by atoms with Crippen LogP contribution in [0.15, 0.2) is 36.4 Å². The number of benzene rings is 2. The van der Waals surface area contributed by atoms with Gasteiger partial charge >= 0.3 is 0 Å². The second-order valence-corrected chi connectivity index (χ2v) is 4.95. The highest BCUT2D eigenvalue weighted by Crippen LogP contribution is 2.36. The second-order valence-electron chi connectivity index (χ2n) is 4.95. The molecular weight excluding hydrogens is 276 g/mol. The summed E-state index contributed by atoms with van der Waals surface area (Å²) in [6.07, 6.45) is 0. The molecule has 0 bridgehead atoms. The third-order valence-corrected chi connectivity index (χ3v) is 3.56. The Labute approximate surface area is 121 Å². The van der Waals surface area contributed by atoms with Gasteiger partial charge in [-0.15, -0.1) is 0 Å². The Morgan fingerprint density at radius 3 is 2.48 bits per heavy atom. The lowest BCUT2D eigenvalue weighted by Gasteiger charge is -2.31. The van der Waals surface area contributed by atoms with E-state index in [9.17, 15) is 8.78 Å². The minimum atomic E-state index is -0.937. The topological polar surface area (TPSA) is 32.7 Å². The van der Waals surface area contributed by atoms with Crippen LogP contribution in [-0.4, -0.2) is 18.3 Å². The third-order valence-electron chi connectivity index (χ3n) is 3.56. The van der Waals surface area contributed by atoms with E-state index >= 15 is 0 Å². The van der Waals surface area contributed by atoms with Crippen LogP contribution in [0.2, 0.25) is 0 Å². The predicted molar refractivity (Wildman–Crippen MR) is 75.3 cm³/mol. The van der Waals surface area contributed by atoms with Crippen LogP contribution < -0.4 is 9.64 Å². The van der Waals surface area contributed by atoms with Gasteiger partial charge in [0.1, 0.15) is 6.61 Å². The summed E-state index contributed by atoms with van der Waals surface area (Å²) in [5.41, 5.74) is 2.44. The highest BCUT2D eigenvalue weighted by atomic mass is 19.2. The standard InChI is InChI=1S/C16H15F2NO2/c17-13-5-6-14-16(15(13)18)21-8-7-19(14)9-11-1-3-12(10-20)4-2-11/h1-6,20H,7-10H2. The first-order valence-corrected chi connectivity index (χ1v) is 6.73. The number of aliphatic hydroxyl groups excluding tert-OH is 1. The SMILES string of the molecule is OCc1ccc(CN2CCOc3c2ccc(F)c3F)cc1. The highest BCUT2D eigenvalue weighted by molar-refractivity contribution is 5.60. The first-order valence-electron chi connectivity index (χ1n) is 6.73. The van der Waals surface area contributed by atoms with Gasteiger partial charge in [0.15, 0.2) is 11.6 Å². The normalized spacial score (nSPS) is 13.8. The summed E-state index contributed by atoms with van der Waals surface area (Å²) >= 11 is 0. The molecule has 0 atom stereocenters. The molecule has 0 saturated heterocycles. The first kappa shape index (κ1) is 13.8. The van der Waals surface area contributed by atoms with Gasteiger partial charge in [0.05, 0.1) is 18.8 Å². The summed E-state index contributed by atoms with van der Waals surface area (Å²) in [6, 6.07) is 10.2. The van der Waals surface area contributed by atoms with Gasteiger partial charge < -0.3 is 14.7 Å². The Morgan fingerprint density at radius 1 is 1.05 bits per heavy atom. The molecule has 110 valence electrons. The molecule has 3 nitrogen and oxygen atoms in total. The molecule has 0 fully saturated rings. The van der Waals surface area contributed by atoms with Gasteiger partial charge in [-0.05, 0) is 23.3 Å². The van der Waals surface area contributed by atoms with Crippen LogP contribution in [-0.2, 0) is 13.2 Å².